The van der Waals surface area contributed by atoms with Crippen LogP contribution in [0.2, 0.25) is 5.02 Å². The van der Waals surface area contributed by atoms with Gasteiger partial charge in [0.1, 0.15) is 11.4 Å². The zero-order valence-electron chi connectivity index (χ0n) is 23.9. The van der Waals surface area contributed by atoms with Crippen molar-refractivity contribution in [3.63, 3.8) is 0 Å². The van der Waals surface area contributed by atoms with E-state index in [4.69, 9.17) is 16.3 Å². The molecule has 9 nitrogen and oxygen atoms in total. The molecule has 43 heavy (non-hydrogen) atoms. The maximum absolute atomic E-state index is 13.8. The Balaban J connectivity index is 1.69. The maximum Gasteiger partial charge on any atom is 0.416 e. The Labute approximate surface area is 250 Å². The SMILES string of the molecule is Cc1ccc(NC(=O)Nc2cccc(-n3c([C@H](C)NC(=O)OC(C)(C)C)nc4cccc(Cl)c4c3=O)c2)cc1C(F)(F)F. The molecule has 0 spiro atoms. The highest BCUT2D eigenvalue weighted by atomic mass is 35.5. The first kappa shape index (κ1) is 31.4. The van der Waals surface area contributed by atoms with E-state index in [0.717, 1.165) is 6.07 Å². The summed E-state index contributed by atoms with van der Waals surface area (Å²) in [4.78, 5) is 43.7. The third-order valence-corrected chi connectivity index (χ3v) is 6.47. The third kappa shape index (κ3) is 7.44. The average molecular weight is 616 g/mol. The van der Waals surface area contributed by atoms with E-state index in [9.17, 15) is 27.6 Å². The Morgan fingerprint density at radius 1 is 0.977 bits per heavy atom. The number of nitrogens with zero attached hydrogens (tertiary/aromatic N) is 2. The van der Waals surface area contributed by atoms with Crippen molar-refractivity contribution < 1.29 is 27.5 Å². The minimum absolute atomic E-state index is 0.0203. The lowest BCUT2D eigenvalue weighted by atomic mass is 10.1. The van der Waals surface area contributed by atoms with Crippen molar-refractivity contribution in [3.05, 3.63) is 93.0 Å². The Morgan fingerprint density at radius 3 is 2.28 bits per heavy atom. The van der Waals surface area contributed by atoms with E-state index in [1.165, 1.54) is 35.8 Å². The second-order valence-electron chi connectivity index (χ2n) is 10.8. The summed E-state index contributed by atoms with van der Waals surface area (Å²) in [5, 5.41) is 7.96. The molecule has 0 aliphatic heterocycles. The molecule has 0 radical (unpaired) electrons. The van der Waals surface area contributed by atoms with Crippen LogP contribution < -0.4 is 21.5 Å². The number of aryl methyl sites for hydroxylation is 1. The molecule has 0 saturated heterocycles. The molecule has 0 unspecified atom stereocenters. The maximum atomic E-state index is 13.8. The van der Waals surface area contributed by atoms with Crippen LogP contribution in [0.15, 0.2) is 65.5 Å². The van der Waals surface area contributed by atoms with Gasteiger partial charge < -0.3 is 20.7 Å². The van der Waals surface area contributed by atoms with Crippen molar-refractivity contribution in [1.82, 2.24) is 14.9 Å². The first-order chi connectivity index (χ1) is 20.0. The van der Waals surface area contributed by atoms with Gasteiger partial charge >= 0.3 is 18.3 Å². The first-order valence-electron chi connectivity index (χ1n) is 13.1. The number of alkyl carbamates (subject to hydrolysis) is 1. The van der Waals surface area contributed by atoms with Gasteiger partial charge in [0.15, 0.2) is 0 Å². The highest BCUT2D eigenvalue weighted by Gasteiger charge is 2.32. The lowest BCUT2D eigenvalue weighted by Crippen LogP contribution is -2.37. The van der Waals surface area contributed by atoms with Crippen LogP contribution in [0.25, 0.3) is 16.6 Å². The number of alkyl halides is 3. The van der Waals surface area contributed by atoms with Gasteiger partial charge in [-0.15, -0.1) is 0 Å². The number of carbonyl (C=O) groups is 2. The molecule has 0 aliphatic carbocycles. The number of rotatable bonds is 5. The fraction of sp³-hybridized carbons (Fsp3) is 0.267. The average Bonchev–Trinajstić information content (AvgIpc) is 2.88. The summed E-state index contributed by atoms with van der Waals surface area (Å²) in [6.07, 6.45) is -5.30. The van der Waals surface area contributed by atoms with Crippen LogP contribution in [0.1, 0.15) is 50.7 Å². The molecule has 0 fully saturated rings. The number of ether oxygens (including phenoxy) is 1. The minimum atomic E-state index is -4.58. The predicted octanol–water partition coefficient (Wildman–Crippen LogP) is 7.60. The minimum Gasteiger partial charge on any atom is -0.444 e. The lowest BCUT2D eigenvalue weighted by molar-refractivity contribution is -0.138. The van der Waals surface area contributed by atoms with Gasteiger partial charge in [-0.05, 0) is 82.6 Å². The van der Waals surface area contributed by atoms with Crippen LogP contribution in [0.4, 0.5) is 34.1 Å². The zero-order valence-corrected chi connectivity index (χ0v) is 24.6. The van der Waals surface area contributed by atoms with Gasteiger partial charge in [-0.25, -0.2) is 14.6 Å². The number of anilines is 2. The molecule has 1 heterocycles. The highest BCUT2D eigenvalue weighted by molar-refractivity contribution is 6.35. The van der Waals surface area contributed by atoms with E-state index in [0.29, 0.717) is 5.52 Å². The molecule has 0 aliphatic rings. The Kier molecular flexibility index (Phi) is 8.72. The summed E-state index contributed by atoms with van der Waals surface area (Å²) in [7, 11) is 0. The van der Waals surface area contributed by atoms with Crippen LogP contribution in [-0.2, 0) is 10.9 Å². The Hall–Kier alpha value is -4.58. The quantitative estimate of drug-likeness (QED) is 0.214. The Morgan fingerprint density at radius 2 is 1.63 bits per heavy atom. The molecule has 3 amide bonds. The summed E-state index contributed by atoms with van der Waals surface area (Å²) >= 11 is 6.36. The van der Waals surface area contributed by atoms with Crippen molar-refractivity contribution >= 4 is 46.0 Å². The van der Waals surface area contributed by atoms with Crippen molar-refractivity contribution in [2.45, 2.75) is 52.4 Å². The molecule has 4 aromatic rings. The number of carbonyl (C=O) groups excluding carboxylic acids is 2. The van der Waals surface area contributed by atoms with Crippen LogP contribution in [-0.4, -0.2) is 27.3 Å². The van der Waals surface area contributed by atoms with E-state index in [-0.39, 0.29) is 38.9 Å². The number of nitrogens with one attached hydrogen (secondary N) is 3. The molecule has 1 atom stereocenters. The summed E-state index contributed by atoms with van der Waals surface area (Å²) in [5.74, 6) is 0.159. The number of hydrogen-bond donors (Lipinski definition) is 3. The molecule has 0 bridgehead atoms. The molecular formula is C30H29ClF3N5O4. The largest absolute Gasteiger partial charge is 0.444 e. The molecule has 3 aromatic carbocycles. The molecule has 226 valence electrons. The van der Waals surface area contributed by atoms with Gasteiger partial charge in [0.25, 0.3) is 5.56 Å². The standard InChI is InChI=1S/C30H29ClF3N5O4/c1-16-12-13-19(15-21(16)30(32,33)34)37-27(41)36-18-8-6-9-20(14-18)39-25(17(2)35-28(42)43-29(3,4)5)38-23-11-7-10-22(31)24(23)26(39)40/h6-15,17H,1-5H3,(H,35,42)(H2,36,37,41)/t17-/m0/s1. The van der Waals surface area contributed by atoms with Crippen LogP contribution in [0, 0.1) is 6.92 Å². The Bertz CT molecular complexity index is 1770. The predicted molar refractivity (Wildman–Crippen MR) is 159 cm³/mol. The van der Waals surface area contributed by atoms with Crippen molar-refractivity contribution in [2.75, 3.05) is 10.6 Å². The normalized spacial score (nSPS) is 12.5. The van der Waals surface area contributed by atoms with Crippen LogP contribution >= 0.6 is 11.6 Å². The second kappa shape index (κ2) is 12.0. The van der Waals surface area contributed by atoms with Crippen molar-refractivity contribution in [3.8, 4) is 5.69 Å². The van der Waals surface area contributed by atoms with Crippen molar-refractivity contribution in [1.29, 1.82) is 0 Å². The summed E-state index contributed by atoms with van der Waals surface area (Å²) in [6.45, 7) is 8.10. The topological polar surface area (TPSA) is 114 Å². The molecule has 3 N–H and O–H groups in total. The third-order valence-electron chi connectivity index (χ3n) is 6.16. The first-order valence-corrected chi connectivity index (χ1v) is 13.5. The molecule has 1 aromatic heterocycles. The van der Waals surface area contributed by atoms with Crippen molar-refractivity contribution in [2.24, 2.45) is 0 Å². The number of urea groups is 1. The fourth-order valence-corrected chi connectivity index (χ4v) is 4.57. The van der Waals surface area contributed by atoms with E-state index in [2.05, 4.69) is 20.9 Å². The second-order valence-corrected chi connectivity index (χ2v) is 11.2. The number of halogens is 4. The van der Waals surface area contributed by atoms with E-state index < -0.39 is 41.1 Å². The van der Waals surface area contributed by atoms with Crippen LogP contribution in [0.3, 0.4) is 0 Å². The molecule has 0 saturated carbocycles. The van der Waals surface area contributed by atoms with Gasteiger partial charge in [-0.2, -0.15) is 13.2 Å². The smallest absolute Gasteiger partial charge is 0.416 e. The number of hydrogen-bond acceptors (Lipinski definition) is 5. The summed E-state index contributed by atoms with van der Waals surface area (Å²) in [5.41, 5.74) is -1.37. The van der Waals surface area contributed by atoms with E-state index in [1.807, 2.05) is 0 Å². The van der Waals surface area contributed by atoms with E-state index >= 15 is 0 Å². The molecular weight excluding hydrogens is 587 g/mol. The van der Waals surface area contributed by atoms with Gasteiger partial charge in [0.2, 0.25) is 0 Å². The lowest BCUT2D eigenvalue weighted by Gasteiger charge is -2.23. The number of aromatic nitrogens is 2. The zero-order chi connectivity index (χ0) is 31.7. The molecule has 4 rings (SSSR count). The monoisotopic (exact) mass is 615 g/mol. The highest BCUT2D eigenvalue weighted by Crippen LogP contribution is 2.33. The summed E-state index contributed by atoms with van der Waals surface area (Å²) in [6, 6.07) is 12.8. The van der Waals surface area contributed by atoms with E-state index in [1.54, 1.807) is 58.0 Å². The molecule has 13 heteroatoms. The summed E-state index contributed by atoms with van der Waals surface area (Å²) < 4.78 is 46.5. The number of fused-ring (bicyclic) bond motifs is 1. The number of amides is 3. The van der Waals surface area contributed by atoms with Gasteiger partial charge in [0.05, 0.1) is 33.2 Å². The van der Waals surface area contributed by atoms with Gasteiger partial charge in [0, 0.05) is 11.4 Å². The fourth-order valence-electron chi connectivity index (χ4n) is 4.32. The number of benzene rings is 3. The van der Waals surface area contributed by atoms with Crippen LogP contribution in [0.5, 0.6) is 0 Å². The van der Waals surface area contributed by atoms with Gasteiger partial charge in [-0.3, -0.25) is 9.36 Å². The van der Waals surface area contributed by atoms with Gasteiger partial charge in [-0.1, -0.05) is 29.8 Å².